The molecule has 1 saturated carbocycles. The van der Waals surface area contributed by atoms with Crippen molar-refractivity contribution in [2.75, 3.05) is 46.2 Å². The fraction of sp³-hybridized carbons (Fsp3) is 1.00. The summed E-state index contributed by atoms with van der Waals surface area (Å²) in [5.41, 5.74) is 8.06. The second-order valence-corrected chi connectivity index (χ2v) is 5.38. The zero-order valence-corrected chi connectivity index (χ0v) is 12.5. The summed E-state index contributed by atoms with van der Waals surface area (Å²) in [6, 6.07) is 0. The molecule has 20 heavy (non-hydrogen) atoms. The molecule has 0 saturated heterocycles. The van der Waals surface area contributed by atoms with Gasteiger partial charge in [-0.1, -0.05) is 24.9 Å². The first-order valence-corrected chi connectivity index (χ1v) is 7.57. The molecule has 6 nitrogen and oxygen atoms in total. The van der Waals surface area contributed by atoms with Crippen LogP contribution in [0.2, 0.25) is 0 Å². The molecule has 6 heteroatoms. The maximum absolute atomic E-state index is 8.06. The van der Waals surface area contributed by atoms with Gasteiger partial charge in [0.1, 0.15) is 0 Å². The van der Waals surface area contributed by atoms with Crippen molar-refractivity contribution in [3.05, 3.63) is 10.4 Å². The van der Waals surface area contributed by atoms with Crippen LogP contribution in [-0.4, -0.2) is 46.2 Å². The molecule has 0 aliphatic heterocycles. The van der Waals surface area contributed by atoms with Crippen molar-refractivity contribution >= 4 is 0 Å². The van der Waals surface area contributed by atoms with E-state index in [9.17, 15) is 0 Å². The molecule has 1 aliphatic carbocycles. The van der Waals surface area contributed by atoms with Crippen LogP contribution in [0.5, 0.6) is 0 Å². The van der Waals surface area contributed by atoms with Crippen LogP contribution in [0, 0.1) is 11.8 Å². The first-order valence-electron chi connectivity index (χ1n) is 7.57. The molecule has 1 fully saturated rings. The normalized spacial score (nSPS) is 22.4. The summed E-state index contributed by atoms with van der Waals surface area (Å²) < 4.78 is 16.3. The summed E-state index contributed by atoms with van der Waals surface area (Å²) in [6.45, 7) is 6.39. The topological polar surface area (TPSA) is 76.5 Å². The highest BCUT2D eigenvalue weighted by atomic mass is 16.5. The predicted octanol–water partition coefficient (Wildman–Crippen LogP) is 3.17. The van der Waals surface area contributed by atoms with Gasteiger partial charge in [-0.3, -0.25) is 0 Å². The van der Waals surface area contributed by atoms with E-state index in [0.717, 1.165) is 18.4 Å². The Hall–Kier alpha value is -0.810. The molecule has 0 amide bonds. The van der Waals surface area contributed by atoms with Crippen LogP contribution >= 0.6 is 0 Å². The van der Waals surface area contributed by atoms with Crippen molar-refractivity contribution in [3.8, 4) is 0 Å². The number of azide groups is 1. The zero-order valence-electron chi connectivity index (χ0n) is 12.5. The lowest BCUT2D eigenvalue weighted by atomic mass is 9.83. The number of rotatable bonds is 11. The van der Waals surface area contributed by atoms with Crippen LogP contribution in [0.3, 0.4) is 0 Å². The van der Waals surface area contributed by atoms with Crippen molar-refractivity contribution in [3.63, 3.8) is 0 Å². The summed E-state index contributed by atoms with van der Waals surface area (Å²) in [5.74, 6) is 1.64. The van der Waals surface area contributed by atoms with Crippen molar-refractivity contribution in [2.24, 2.45) is 17.0 Å². The van der Waals surface area contributed by atoms with E-state index in [1.807, 2.05) is 0 Å². The van der Waals surface area contributed by atoms with Gasteiger partial charge < -0.3 is 14.2 Å². The Morgan fingerprint density at radius 2 is 1.55 bits per heavy atom. The van der Waals surface area contributed by atoms with Crippen molar-refractivity contribution < 1.29 is 14.2 Å². The van der Waals surface area contributed by atoms with Gasteiger partial charge in [0.25, 0.3) is 0 Å². The largest absolute Gasteiger partial charge is 0.379 e. The third-order valence-corrected chi connectivity index (χ3v) is 3.63. The Bertz CT molecular complexity index is 275. The Morgan fingerprint density at radius 1 is 0.950 bits per heavy atom. The molecular formula is C14H27N3O3. The van der Waals surface area contributed by atoms with E-state index >= 15 is 0 Å². The first kappa shape index (κ1) is 17.2. The minimum atomic E-state index is 0.375. The highest BCUT2D eigenvalue weighted by Crippen LogP contribution is 2.28. The number of ether oxygens (including phenoxy) is 3. The van der Waals surface area contributed by atoms with Gasteiger partial charge in [0.2, 0.25) is 0 Å². The number of hydrogen-bond acceptors (Lipinski definition) is 4. The van der Waals surface area contributed by atoms with Gasteiger partial charge in [0.05, 0.1) is 33.0 Å². The Morgan fingerprint density at radius 3 is 2.20 bits per heavy atom. The summed E-state index contributed by atoms with van der Waals surface area (Å²) in [4.78, 5) is 2.64. The fourth-order valence-electron chi connectivity index (χ4n) is 2.34. The summed E-state index contributed by atoms with van der Waals surface area (Å²) in [6.07, 6.45) is 5.30. The summed E-state index contributed by atoms with van der Waals surface area (Å²) >= 11 is 0. The van der Waals surface area contributed by atoms with E-state index in [1.165, 1.54) is 25.7 Å². The van der Waals surface area contributed by atoms with Gasteiger partial charge >= 0.3 is 0 Å². The van der Waals surface area contributed by atoms with Crippen molar-refractivity contribution in [2.45, 2.75) is 32.6 Å². The summed E-state index contributed by atoms with van der Waals surface area (Å²) in [7, 11) is 0. The molecule has 0 aromatic rings. The molecule has 0 spiro atoms. The third kappa shape index (κ3) is 9.15. The van der Waals surface area contributed by atoms with Crippen molar-refractivity contribution in [1.82, 2.24) is 0 Å². The molecule has 1 rings (SSSR count). The molecule has 0 atom stereocenters. The van der Waals surface area contributed by atoms with Gasteiger partial charge in [-0.05, 0) is 30.2 Å². The molecule has 0 aromatic heterocycles. The van der Waals surface area contributed by atoms with E-state index in [0.29, 0.717) is 39.6 Å². The lowest BCUT2D eigenvalue weighted by Gasteiger charge is -2.25. The molecule has 0 radical (unpaired) electrons. The van der Waals surface area contributed by atoms with Crippen LogP contribution in [0.1, 0.15) is 32.6 Å². The molecule has 0 heterocycles. The average Bonchev–Trinajstić information content (AvgIpc) is 2.47. The highest BCUT2D eigenvalue weighted by Gasteiger charge is 2.17. The lowest BCUT2D eigenvalue weighted by Crippen LogP contribution is -2.19. The maximum atomic E-state index is 8.06. The molecule has 116 valence electrons. The Balaban J connectivity index is 1.77. The zero-order chi connectivity index (χ0) is 14.5. The van der Waals surface area contributed by atoms with Crippen molar-refractivity contribution in [1.29, 1.82) is 0 Å². The van der Waals surface area contributed by atoms with E-state index < -0.39 is 0 Å². The Labute approximate surface area is 121 Å². The minimum Gasteiger partial charge on any atom is -0.379 e. The molecule has 0 aromatic carbocycles. The van der Waals surface area contributed by atoms with E-state index in [-0.39, 0.29) is 0 Å². The molecule has 0 bridgehead atoms. The monoisotopic (exact) mass is 285 g/mol. The summed E-state index contributed by atoms with van der Waals surface area (Å²) in [5, 5.41) is 3.37. The van der Waals surface area contributed by atoms with E-state index in [1.54, 1.807) is 0 Å². The highest BCUT2D eigenvalue weighted by molar-refractivity contribution is 4.69. The number of hydrogen-bond donors (Lipinski definition) is 0. The number of nitrogens with zero attached hydrogens (tertiary/aromatic N) is 3. The Kier molecular flexibility index (Phi) is 10.3. The average molecular weight is 285 g/mol. The first-order chi connectivity index (χ1) is 9.83. The van der Waals surface area contributed by atoms with Crippen LogP contribution in [0.15, 0.2) is 5.11 Å². The SMILES string of the molecule is CC1CCC(COCCOCCOCCN=[N+]=[N-])CC1. The second-order valence-electron chi connectivity index (χ2n) is 5.38. The second kappa shape index (κ2) is 12.0. The van der Waals surface area contributed by atoms with Gasteiger partial charge in [0, 0.05) is 18.1 Å². The lowest BCUT2D eigenvalue weighted by molar-refractivity contribution is 0.00432. The molecular weight excluding hydrogens is 258 g/mol. The standard InChI is InChI=1S/C14H27N3O3/c1-13-2-4-14(5-3-13)12-20-11-10-19-9-8-18-7-6-16-17-15/h13-14H,2-12H2,1H3. The van der Waals surface area contributed by atoms with Gasteiger partial charge in [-0.15, -0.1) is 0 Å². The molecule has 1 aliphatic rings. The third-order valence-electron chi connectivity index (χ3n) is 3.63. The fourth-order valence-corrected chi connectivity index (χ4v) is 2.34. The van der Waals surface area contributed by atoms with Gasteiger partial charge in [0.15, 0.2) is 0 Å². The van der Waals surface area contributed by atoms with E-state index in [4.69, 9.17) is 19.7 Å². The van der Waals surface area contributed by atoms with Crippen LogP contribution in [0.4, 0.5) is 0 Å². The maximum Gasteiger partial charge on any atom is 0.0701 e. The minimum absolute atomic E-state index is 0.375. The van der Waals surface area contributed by atoms with E-state index in [2.05, 4.69) is 16.9 Å². The van der Waals surface area contributed by atoms with Gasteiger partial charge in [-0.2, -0.15) is 0 Å². The smallest absolute Gasteiger partial charge is 0.0701 e. The quantitative estimate of drug-likeness (QED) is 0.253. The molecule has 0 unspecified atom stereocenters. The predicted molar refractivity (Wildman–Crippen MR) is 77.6 cm³/mol. The van der Waals surface area contributed by atoms with Gasteiger partial charge in [-0.25, -0.2) is 0 Å². The van der Waals surface area contributed by atoms with Crippen LogP contribution in [-0.2, 0) is 14.2 Å². The molecule has 0 N–H and O–H groups in total. The van der Waals surface area contributed by atoms with Crippen LogP contribution < -0.4 is 0 Å². The van der Waals surface area contributed by atoms with Crippen LogP contribution in [0.25, 0.3) is 10.4 Å².